The summed E-state index contributed by atoms with van der Waals surface area (Å²) in [7, 11) is 0. The summed E-state index contributed by atoms with van der Waals surface area (Å²) in [6, 6.07) is 6.02. The van der Waals surface area contributed by atoms with E-state index in [0.717, 1.165) is 0 Å². The molecule has 2 amide bonds. The van der Waals surface area contributed by atoms with Gasteiger partial charge >= 0.3 is 5.97 Å². The Hall–Kier alpha value is -2.37. The fourth-order valence-electron chi connectivity index (χ4n) is 1.49. The highest BCUT2D eigenvalue weighted by atomic mass is 16.4. The number of carbonyl (C=O) groups is 3. The van der Waals surface area contributed by atoms with Gasteiger partial charge in [-0.2, -0.15) is 0 Å². The molecule has 0 heterocycles. The van der Waals surface area contributed by atoms with Crippen LogP contribution >= 0.6 is 0 Å². The summed E-state index contributed by atoms with van der Waals surface area (Å²) in [5.41, 5.74) is 5.87. The van der Waals surface area contributed by atoms with Gasteiger partial charge in [-0.3, -0.25) is 14.4 Å². The first-order valence-electron chi connectivity index (χ1n) is 5.90. The maximum Gasteiger partial charge on any atom is 0.303 e. The summed E-state index contributed by atoms with van der Waals surface area (Å²) in [6.07, 6.45) is 1.23. The van der Waals surface area contributed by atoms with Crippen LogP contribution in [0, 0.1) is 0 Å². The molecule has 4 N–H and O–H groups in total. The lowest BCUT2D eigenvalue weighted by atomic mass is 10.1. The zero-order chi connectivity index (χ0) is 14.3. The van der Waals surface area contributed by atoms with Crippen molar-refractivity contribution in [1.29, 1.82) is 0 Å². The minimum Gasteiger partial charge on any atom is -0.481 e. The molecular formula is C13H16N2O4. The van der Waals surface area contributed by atoms with Gasteiger partial charge in [-0.15, -0.1) is 0 Å². The molecule has 0 saturated carbocycles. The largest absolute Gasteiger partial charge is 0.481 e. The Morgan fingerprint density at radius 2 is 1.63 bits per heavy atom. The molecule has 0 aliphatic rings. The van der Waals surface area contributed by atoms with E-state index in [4.69, 9.17) is 10.8 Å². The van der Waals surface area contributed by atoms with Crippen molar-refractivity contribution in [3.05, 3.63) is 35.4 Å². The van der Waals surface area contributed by atoms with Crippen LogP contribution in [-0.2, 0) is 4.79 Å². The normalized spacial score (nSPS) is 9.89. The van der Waals surface area contributed by atoms with E-state index < -0.39 is 11.9 Å². The summed E-state index contributed by atoms with van der Waals surface area (Å²) < 4.78 is 0. The fourth-order valence-corrected chi connectivity index (χ4v) is 1.49. The number of rotatable bonds is 7. The molecule has 1 rings (SSSR count). The smallest absolute Gasteiger partial charge is 0.303 e. The molecule has 0 radical (unpaired) electrons. The minimum absolute atomic E-state index is 0.100. The number of carboxylic acid groups (broad SMARTS) is 1. The van der Waals surface area contributed by atoms with Crippen LogP contribution in [0.25, 0.3) is 0 Å². The second kappa shape index (κ2) is 7.15. The van der Waals surface area contributed by atoms with Crippen molar-refractivity contribution in [2.45, 2.75) is 19.3 Å². The Kier molecular flexibility index (Phi) is 5.53. The Balaban J connectivity index is 2.37. The Morgan fingerprint density at radius 1 is 1.05 bits per heavy atom. The highest BCUT2D eigenvalue weighted by molar-refractivity contribution is 5.97. The Bertz CT molecular complexity index is 468. The molecule has 0 unspecified atom stereocenters. The third-order valence-electron chi connectivity index (χ3n) is 2.53. The molecule has 0 atom stereocenters. The first-order chi connectivity index (χ1) is 9.00. The average molecular weight is 264 g/mol. The number of nitrogens with two attached hydrogens (primary N) is 1. The van der Waals surface area contributed by atoms with Crippen LogP contribution in [0.5, 0.6) is 0 Å². The van der Waals surface area contributed by atoms with E-state index in [1.807, 2.05) is 0 Å². The molecule has 6 heteroatoms. The molecule has 1 aromatic carbocycles. The third-order valence-corrected chi connectivity index (χ3v) is 2.53. The van der Waals surface area contributed by atoms with Gasteiger partial charge in [0.2, 0.25) is 5.91 Å². The summed E-state index contributed by atoms with van der Waals surface area (Å²) in [6.45, 7) is 0.420. The van der Waals surface area contributed by atoms with Crippen LogP contribution in [0.3, 0.4) is 0 Å². The van der Waals surface area contributed by atoms with Gasteiger partial charge < -0.3 is 16.2 Å². The van der Waals surface area contributed by atoms with Gasteiger partial charge in [0.15, 0.2) is 0 Å². The van der Waals surface area contributed by atoms with Crippen LogP contribution in [-0.4, -0.2) is 29.4 Å². The first-order valence-corrected chi connectivity index (χ1v) is 5.90. The molecule has 1 aromatic rings. The minimum atomic E-state index is -0.839. The molecule has 0 bridgehead atoms. The molecule has 0 saturated heterocycles. The van der Waals surface area contributed by atoms with Crippen molar-refractivity contribution in [3.8, 4) is 0 Å². The van der Waals surface area contributed by atoms with Crippen molar-refractivity contribution in [2.24, 2.45) is 5.73 Å². The van der Waals surface area contributed by atoms with Crippen molar-refractivity contribution in [2.75, 3.05) is 6.54 Å². The summed E-state index contributed by atoms with van der Waals surface area (Å²) in [4.78, 5) is 32.8. The zero-order valence-corrected chi connectivity index (χ0v) is 10.4. The second-order valence-corrected chi connectivity index (χ2v) is 4.05. The molecule has 0 aromatic heterocycles. The average Bonchev–Trinajstić information content (AvgIpc) is 2.37. The van der Waals surface area contributed by atoms with E-state index in [-0.39, 0.29) is 12.3 Å². The van der Waals surface area contributed by atoms with Crippen LogP contribution < -0.4 is 11.1 Å². The molecular weight excluding hydrogens is 248 g/mol. The molecule has 0 spiro atoms. The van der Waals surface area contributed by atoms with Crippen molar-refractivity contribution in [1.82, 2.24) is 5.32 Å². The highest BCUT2D eigenvalue weighted by Gasteiger charge is 2.06. The quantitative estimate of drug-likeness (QED) is 0.632. The molecule has 0 aliphatic heterocycles. The van der Waals surface area contributed by atoms with E-state index >= 15 is 0 Å². The number of aliphatic carboxylic acids is 1. The van der Waals surface area contributed by atoms with E-state index in [2.05, 4.69) is 5.32 Å². The Labute approximate surface area is 110 Å². The SMILES string of the molecule is NC(=O)c1ccc(C(=O)NCCCCC(=O)O)cc1. The van der Waals surface area contributed by atoms with Crippen LogP contribution in [0.4, 0.5) is 0 Å². The molecule has 19 heavy (non-hydrogen) atoms. The van der Waals surface area contributed by atoms with E-state index in [1.54, 1.807) is 0 Å². The number of amides is 2. The number of primary amides is 1. The summed E-state index contributed by atoms with van der Waals surface area (Å²) >= 11 is 0. The van der Waals surface area contributed by atoms with Crippen molar-refractivity contribution in [3.63, 3.8) is 0 Å². The van der Waals surface area contributed by atoms with Gasteiger partial charge in [0.25, 0.3) is 5.91 Å². The molecule has 0 fully saturated rings. The topological polar surface area (TPSA) is 109 Å². The third kappa shape index (κ3) is 5.20. The lowest BCUT2D eigenvalue weighted by Gasteiger charge is -2.05. The fraction of sp³-hybridized carbons (Fsp3) is 0.308. The lowest BCUT2D eigenvalue weighted by molar-refractivity contribution is -0.137. The summed E-state index contributed by atoms with van der Waals surface area (Å²) in [5.74, 6) is -1.64. The maximum absolute atomic E-state index is 11.7. The lowest BCUT2D eigenvalue weighted by Crippen LogP contribution is -2.24. The van der Waals surface area contributed by atoms with Gasteiger partial charge in [0, 0.05) is 24.1 Å². The van der Waals surface area contributed by atoms with Gasteiger partial charge in [-0.05, 0) is 37.1 Å². The van der Waals surface area contributed by atoms with Crippen molar-refractivity contribution >= 4 is 17.8 Å². The molecule has 6 nitrogen and oxygen atoms in total. The van der Waals surface area contributed by atoms with Gasteiger partial charge in [0.05, 0.1) is 0 Å². The maximum atomic E-state index is 11.7. The monoisotopic (exact) mass is 264 g/mol. The standard InChI is InChI=1S/C13H16N2O4/c14-12(18)9-4-6-10(7-5-9)13(19)15-8-2-1-3-11(16)17/h4-7H,1-3,8H2,(H2,14,18)(H,15,19)(H,16,17). The predicted octanol–water partition coefficient (Wildman–Crippen LogP) is 0.770. The number of hydrogen-bond donors (Lipinski definition) is 3. The number of nitrogens with one attached hydrogen (secondary N) is 1. The van der Waals surface area contributed by atoms with Gasteiger partial charge in [-0.25, -0.2) is 0 Å². The predicted molar refractivity (Wildman–Crippen MR) is 68.8 cm³/mol. The van der Waals surface area contributed by atoms with Gasteiger partial charge in [0.1, 0.15) is 0 Å². The zero-order valence-electron chi connectivity index (χ0n) is 10.4. The number of unbranched alkanes of at least 4 members (excludes halogenated alkanes) is 1. The van der Waals surface area contributed by atoms with E-state index in [0.29, 0.717) is 30.5 Å². The number of hydrogen-bond acceptors (Lipinski definition) is 3. The number of carbonyl (C=O) groups excluding carboxylic acids is 2. The van der Waals surface area contributed by atoms with Crippen LogP contribution in [0.1, 0.15) is 40.0 Å². The van der Waals surface area contributed by atoms with Crippen LogP contribution in [0.2, 0.25) is 0 Å². The number of carboxylic acids is 1. The van der Waals surface area contributed by atoms with Gasteiger partial charge in [-0.1, -0.05) is 0 Å². The number of benzene rings is 1. The summed E-state index contributed by atoms with van der Waals surface area (Å²) in [5, 5.41) is 11.1. The molecule has 102 valence electrons. The van der Waals surface area contributed by atoms with Crippen molar-refractivity contribution < 1.29 is 19.5 Å². The van der Waals surface area contributed by atoms with E-state index in [1.165, 1.54) is 24.3 Å². The highest BCUT2D eigenvalue weighted by Crippen LogP contribution is 2.04. The Morgan fingerprint density at radius 3 is 2.16 bits per heavy atom. The molecule has 0 aliphatic carbocycles. The van der Waals surface area contributed by atoms with Crippen LogP contribution in [0.15, 0.2) is 24.3 Å². The first kappa shape index (κ1) is 14.7. The van der Waals surface area contributed by atoms with E-state index in [9.17, 15) is 14.4 Å². The second-order valence-electron chi connectivity index (χ2n) is 4.05.